The van der Waals surface area contributed by atoms with Crippen LogP contribution in [-0.4, -0.2) is 56.2 Å². The average molecular weight is 542 g/mol. The maximum absolute atomic E-state index is 13.8. The second-order valence-corrected chi connectivity index (χ2v) is 11.3. The number of nitrogens with two attached hydrogens (primary N) is 1. The van der Waals surface area contributed by atoms with E-state index in [1.54, 1.807) is 6.07 Å². The summed E-state index contributed by atoms with van der Waals surface area (Å²) in [6, 6.07) is 13.2. The molecule has 7 nitrogen and oxygen atoms in total. The summed E-state index contributed by atoms with van der Waals surface area (Å²) in [6.45, 7) is 5.43. The van der Waals surface area contributed by atoms with Gasteiger partial charge in [-0.05, 0) is 48.6 Å². The first-order valence-corrected chi connectivity index (χ1v) is 14.3. The zero-order valence-corrected chi connectivity index (χ0v) is 22.5. The van der Waals surface area contributed by atoms with Gasteiger partial charge in [-0.2, -0.15) is 0 Å². The molecule has 3 N–H and O–H groups in total. The van der Waals surface area contributed by atoms with Gasteiger partial charge in [-0.15, -0.1) is 0 Å². The molecule has 2 rings (SSSR count). The molecule has 0 spiro atoms. The molecule has 0 aliphatic heterocycles. The molecule has 0 saturated carbocycles. The van der Waals surface area contributed by atoms with Crippen molar-refractivity contribution >= 4 is 27.6 Å². The maximum Gasteiger partial charge on any atom is 0.307 e. The van der Waals surface area contributed by atoms with E-state index in [-0.39, 0.29) is 30.2 Å². The lowest BCUT2D eigenvalue weighted by Gasteiger charge is -2.25. The molecule has 0 saturated heterocycles. The summed E-state index contributed by atoms with van der Waals surface area (Å²) in [6.07, 6.45) is 0.574. The molecular formula is C26H37ClFN3O4S. The predicted octanol–water partition coefficient (Wildman–Crippen LogP) is 3.89. The fraction of sp³-hybridized carbons (Fsp3) is 0.500. The van der Waals surface area contributed by atoms with Crippen molar-refractivity contribution < 1.29 is 22.3 Å². The van der Waals surface area contributed by atoms with E-state index in [4.69, 9.17) is 22.1 Å². The number of nitrogens with zero attached hydrogens (tertiary/aromatic N) is 1. The fourth-order valence-corrected chi connectivity index (χ4v) is 5.67. The summed E-state index contributed by atoms with van der Waals surface area (Å²) in [4.78, 5) is 12.7. The monoisotopic (exact) mass is 541 g/mol. The summed E-state index contributed by atoms with van der Waals surface area (Å²) < 4.78 is 46.2. The van der Waals surface area contributed by atoms with Gasteiger partial charge in [0.25, 0.3) is 0 Å². The van der Waals surface area contributed by atoms with Crippen LogP contribution < -0.4 is 11.1 Å². The Kier molecular flexibility index (Phi) is 12.8. The molecule has 2 atom stereocenters. The van der Waals surface area contributed by atoms with Crippen LogP contribution >= 0.6 is 11.6 Å². The molecule has 36 heavy (non-hydrogen) atoms. The van der Waals surface area contributed by atoms with Crippen LogP contribution in [0.2, 0.25) is 5.02 Å². The number of hydrogen-bond acceptors (Lipinski definition) is 6. The second-order valence-electron chi connectivity index (χ2n) is 8.76. The van der Waals surface area contributed by atoms with E-state index in [1.165, 1.54) is 16.4 Å². The van der Waals surface area contributed by atoms with E-state index in [1.807, 2.05) is 44.2 Å². The normalized spacial score (nSPS) is 13.5. The number of carbonyl (C=O) groups is 1. The first-order valence-electron chi connectivity index (χ1n) is 12.3. The topological polar surface area (TPSA) is 102 Å². The van der Waals surface area contributed by atoms with Crippen LogP contribution in [0.5, 0.6) is 0 Å². The number of esters is 1. The number of sulfonamides is 1. The molecule has 10 heteroatoms. The van der Waals surface area contributed by atoms with Crippen LogP contribution in [0.3, 0.4) is 0 Å². The molecule has 2 unspecified atom stereocenters. The van der Waals surface area contributed by atoms with E-state index in [9.17, 15) is 17.6 Å². The van der Waals surface area contributed by atoms with Gasteiger partial charge in [0.15, 0.2) is 0 Å². The Hall–Kier alpha value is -2.04. The summed E-state index contributed by atoms with van der Waals surface area (Å²) >= 11 is 5.96. The van der Waals surface area contributed by atoms with Gasteiger partial charge in [-0.3, -0.25) is 4.79 Å². The zero-order valence-electron chi connectivity index (χ0n) is 21.0. The Balaban J connectivity index is 2.05. The van der Waals surface area contributed by atoms with Crippen LogP contribution in [0.25, 0.3) is 0 Å². The van der Waals surface area contributed by atoms with Crippen molar-refractivity contribution in [1.82, 2.24) is 9.62 Å². The largest absolute Gasteiger partial charge is 0.459 e. The van der Waals surface area contributed by atoms with Crippen molar-refractivity contribution in [2.24, 2.45) is 5.73 Å². The number of rotatable bonds is 16. The lowest BCUT2D eigenvalue weighted by Crippen LogP contribution is -2.46. The second kappa shape index (κ2) is 15.3. The third-order valence-corrected chi connectivity index (χ3v) is 7.67. The molecule has 200 valence electrons. The number of ether oxygens (including phenoxy) is 1. The van der Waals surface area contributed by atoms with Gasteiger partial charge in [0.05, 0.1) is 12.2 Å². The Morgan fingerprint density at radius 1 is 1.11 bits per heavy atom. The Morgan fingerprint density at radius 2 is 1.78 bits per heavy atom. The molecule has 2 aromatic rings. The molecule has 2 aromatic carbocycles. The third kappa shape index (κ3) is 10.5. The van der Waals surface area contributed by atoms with E-state index in [2.05, 4.69) is 5.32 Å². The van der Waals surface area contributed by atoms with Gasteiger partial charge >= 0.3 is 5.97 Å². The lowest BCUT2D eigenvalue weighted by molar-refractivity contribution is -0.149. The maximum atomic E-state index is 13.8. The highest BCUT2D eigenvalue weighted by Gasteiger charge is 2.26. The van der Waals surface area contributed by atoms with Gasteiger partial charge in [0, 0.05) is 37.2 Å². The smallest absolute Gasteiger partial charge is 0.307 e. The third-order valence-electron chi connectivity index (χ3n) is 5.58. The van der Waals surface area contributed by atoms with E-state index in [0.717, 1.165) is 5.56 Å². The number of carbonyl (C=O) groups excluding carboxylic acids is 1. The standard InChI is InChI=1S/C26H37ClFN3O4S/c1-3-11-31(12-4-2)36(33,34)13-10-26(32)35-25(19-30-18-20-8-6-5-7-9-20)24(29)16-21-14-22(27)17-23(28)15-21/h5-9,14-15,17,24-25,30H,3-4,10-13,16,18-19,29H2,1-2H3. The van der Waals surface area contributed by atoms with Crippen molar-refractivity contribution in [2.75, 3.05) is 25.4 Å². The van der Waals surface area contributed by atoms with Crippen molar-refractivity contribution in [1.29, 1.82) is 0 Å². The predicted molar refractivity (Wildman–Crippen MR) is 142 cm³/mol. The van der Waals surface area contributed by atoms with Gasteiger partial charge < -0.3 is 15.8 Å². The van der Waals surface area contributed by atoms with Gasteiger partial charge in [0.1, 0.15) is 11.9 Å². The number of nitrogens with one attached hydrogen (secondary N) is 1. The summed E-state index contributed by atoms with van der Waals surface area (Å²) in [5.41, 5.74) is 8.00. The molecular weight excluding hydrogens is 505 g/mol. The SMILES string of the molecule is CCCN(CCC)S(=O)(=O)CCC(=O)OC(CNCc1ccccc1)C(N)Cc1cc(F)cc(Cl)c1. The van der Waals surface area contributed by atoms with E-state index >= 15 is 0 Å². The van der Waals surface area contributed by atoms with Crippen molar-refractivity contribution in [3.8, 4) is 0 Å². The lowest BCUT2D eigenvalue weighted by atomic mass is 10.0. The van der Waals surface area contributed by atoms with Gasteiger partial charge in [-0.1, -0.05) is 55.8 Å². The minimum Gasteiger partial charge on any atom is -0.459 e. The Labute approximate surface area is 219 Å². The highest BCUT2D eigenvalue weighted by atomic mass is 35.5. The molecule has 0 fully saturated rings. The summed E-state index contributed by atoms with van der Waals surface area (Å²) in [5.74, 6) is -1.45. The first-order chi connectivity index (χ1) is 17.1. The fourth-order valence-electron chi connectivity index (χ4n) is 3.83. The van der Waals surface area contributed by atoms with Crippen molar-refractivity contribution in [3.05, 3.63) is 70.5 Å². The van der Waals surface area contributed by atoms with Crippen LogP contribution in [0.15, 0.2) is 48.5 Å². The van der Waals surface area contributed by atoms with E-state index in [0.29, 0.717) is 38.0 Å². The molecule has 0 amide bonds. The minimum absolute atomic E-state index is 0.224. The van der Waals surface area contributed by atoms with Crippen LogP contribution in [0.1, 0.15) is 44.2 Å². The quantitative estimate of drug-likeness (QED) is 0.313. The number of benzene rings is 2. The van der Waals surface area contributed by atoms with Gasteiger partial charge in [0.2, 0.25) is 10.0 Å². The Bertz CT molecular complexity index is 1030. The molecule has 0 aliphatic rings. The highest BCUT2D eigenvalue weighted by molar-refractivity contribution is 7.89. The van der Waals surface area contributed by atoms with Crippen LogP contribution in [0, 0.1) is 5.82 Å². The summed E-state index contributed by atoms with van der Waals surface area (Å²) in [5, 5.41) is 3.49. The Morgan fingerprint density at radius 3 is 2.39 bits per heavy atom. The van der Waals surface area contributed by atoms with Crippen molar-refractivity contribution in [3.63, 3.8) is 0 Å². The molecule has 0 aromatic heterocycles. The molecule has 0 aliphatic carbocycles. The molecule has 0 heterocycles. The van der Waals surface area contributed by atoms with Gasteiger partial charge in [-0.25, -0.2) is 17.1 Å². The van der Waals surface area contributed by atoms with Crippen molar-refractivity contribution in [2.45, 2.75) is 58.2 Å². The molecule has 0 bridgehead atoms. The summed E-state index contributed by atoms with van der Waals surface area (Å²) in [7, 11) is -3.58. The zero-order chi connectivity index (χ0) is 26.6. The number of halogens is 2. The average Bonchev–Trinajstić information content (AvgIpc) is 2.82. The van der Waals surface area contributed by atoms with Crippen LogP contribution in [-0.2, 0) is 32.5 Å². The number of hydrogen-bond donors (Lipinski definition) is 2. The van der Waals surface area contributed by atoms with Crippen LogP contribution in [0.4, 0.5) is 4.39 Å². The van der Waals surface area contributed by atoms with E-state index < -0.39 is 34.0 Å². The minimum atomic E-state index is -3.58. The molecule has 0 radical (unpaired) electrons. The highest BCUT2D eigenvalue weighted by Crippen LogP contribution is 2.17. The first kappa shape index (κ1) is 30.2.